The molecule has 0 saturated heterocycles. The Bertz CT molecular complexity index is 615. The minimum absolute atomic E-state index is 0.0185. The molecule has 0 aliphatic carbocycles. The number of halogens is 1. The van der Waals surface area contributed by atoms with Crippen LogP contribution >= 0.6 is 0 Å². The Morgan fingerprint density at radius 3 is 2.44 bits per heavy atom. The molecule has 2 N–H and O–H groups in total. The van der Waals surface area contributed by atoms with Crippen LogP contribution in [0.15, 0.2) is 36.4 Å². The molecule has 0 spiro atoms. The highest BCUT2D eigenvalue weighted by Gasteiger charge is 2.09. The molecule has 0 amide bonds. The van der Waals surface area contributed by atoms with Crippen LogP contribution in [-0.4, -0.2) is 7.11 Å². The molecule has 90 valence electrons. The van der Waals surface area contributed by atoms with Crippen molar-refractivity contribution in [2.75, 3.05) is 12.8 Å². The first-order chi connectivity index (χ1) is 8.65. The van der Waals surface area contributed by atoms with Gasteiger partial charge < -0.3 is 10.5 Å². The summed E-state index contributed by atoms with van der Waals surface area (Å²) in [6.45, 7) is 0. The van der Waals surface area contributed by atoms with E-state index in [1.165, 1.54) is 6.07 Å². The third kappa shape index (κ3) is 2.11. The smallest absolute Gasteiger partial charge is 0.143 e. The number of nitrogens with zero attached hydrogens (tertiary/aromatic N) is 1. The maximum atomic E-state index is 13.3. The lowest BCUT2D eigenvalue weighted by molar-refractivity contribution is 0.415. The Balaban J connectivity index is 2.53. The number of anilines is 1. The highest BCUT2D eigenvalue weighted by Crippen LogP contribution is 2.29. The van der Waals surface area contributed by atoms with Crippen LogP contribution in [0.25, 0.3) is 11.1 Å². The average Bonchev–Trinajstić information content (AvgIpc) is 2.39. The van der Waals surface area contributed by atoms with Crippen molar-refractivity contribution in [2.45, 2.75) is 0 Å². The van der Waals surface area contributed by atoms with Crippen LogP contribution in [0, 0.1) is 17.1 Å². The molecule has 0 bridgehead atoms. The van der Waals surface area contributed by atoms with Gasteiger partial charge in [-0.25, -0.2) is 4.39 Å². The molecule has 3 nitrogen and oxygen atoms in total. The first-order valence-electron chi connectivity index (χ1n) is 5.29. The topological polar surface area (TPSA) is 59.0 Å². The minimum atomic E-state index is -0.604. The molecule has 0 radical (unpaired) electrons. The molecule has 2 aromatic carbocycles. The second-order valence-corrected chi connectivity index (χ2v) is 3.76. The van der Waals surface area contributed by atoms with Gasteiger partial charge in [0.2, 0.25) is 0 Å². The minimum Gasteiger partial charge on any atom is -0.497 e. The van der Waals surface area contributed by atoms with E-state index in [9.17, 15) is 4.39 Å². The SMILES string of the molecule is COc1ccc(-c2cc(C#N)c(F)cc2N)cc1. The Hall–Kier alpha value is -2.54. The zero-order valence-corrected chi connectivity index (χ0v) is 9.77. The largest absolute Gasteiger partial charge is 0.497 e. The third-order valence-corrected chi connectivity index (χ3v) is 2.66. The summed E-state index contributed by atoms with van der Waals surface area (Å²) >= 11 is 0. The molecule has 2 rings (SSSR count). The molecule has 0 aliphatic heterocycles. The second kappa shape index (κ2) is 4.76. The van der Waals surface area contributed by atoms with Gasteiger partial charge in [0, 0.05) is 11.3 Å². The van der Waals surface area contributed by atoms with E-state index in [0.717, 1.165) is 17.4 Å². The van der Waals surface area contributed by atoms with Crippen LogP contribution in [0.2, 0.25) is 0 Å². The number of ether oxygens (including phenoxy) is 1. The van der Waals surface area contributed by atoms with Crippen molar-refractivity contribution in [1.82, 2.24) is 0 Å². The quantitative estimate of drug-likeness (QED) is 0.823. The van der Waals surface area contributed by atoms with E-state index < -0.39 is 5.82 Å². The van der Waals surface area contributed by atoms with Gasteiger partial charge in [-0.1, -0.05) is 12.1 Å². The first-order valence-corrected chi connectivity index (χ1v) is 5.29. The predicted octanol–water partition coefficient (Wildman–Crippen LogP) is 2.96. The van der Waals surface area contributed by atoms with Crippen LogP contribution in [0.5, 0.6) is 5.75 Å². The highest BCUT2D eigenvalue weighted by atomic mass is 19.1. The maximum Gasteiger partial charge on any atom is 0.143 e. The van der Waals surface area contributed by atoms with Crippen molar-refractivity contribution >= 4 is 5.69 Å². The normalized spacial score (nSPS) is 9.83. The molecular formula is C14H11FN2O. The van der Waals surface area contributed by atoms with Crippen LogP contribution in [-0.2, 0) is 0 Å². The Morgan fingerprint density at radius 2 is 1.89 bits per heavy atom. The highest BCUT2D eigenvalue weighted by molar-refractivity contribution is 5.78. The Labute approximate surface area is 104 Å². The molecule has 0 heterocycles. The molecule has 0 aromatic heterocycles. The molecule has 4 heteroatoms. The number of benzene rings is 2. The van der Waals surface area contributed by atoms with Gasteiger partial charge in [-0.05, 0) is 29.8 Å². The molecule has 2 aromatic rings. The van der Waals surface area contributed by atoms with Crippen LogP contribution < -0.4 is 10.5 Å². The summed E-state index contributed by atoms with van der Waals surface area (Å²) in [5.41, 5.74) is 7.50. The zero-order chi connectivity index (χ0) is 13.1. The van der Waals surface area contributed by atoms with Gasteiger partial charge in [-0.2, -0.15) is 5.26 Å². The van der Waals surface area contributed by atoms with Crippen molar-refractivity contribution in [2.24, 2.45) is 0 Å². The van der Waals surface area contributed by atoms with Gasteiger partial charge in [0.1, 0.15) is 17.6 Å². The van der Waals surface area contributed by atoms with Crippen LogP contribution in [0.1, 0.15) is 5.56 Å². The van der Waals surface area contributed by atoms with E-state index in [2.05, 4.69) is 0 Å². The van der Waals surface area contributed by atoms with Gasteiger partial charge in [0.25, 0.3) is 0 Å². The summed E-state index contributed by atoms with van der Waals surface area (Å²) < 4.78 is 18.4. The molecular weight excluding hydrogens is 231 g/mol. The fraction of sp³-hybridized carbons (Fsp3) is 0.0714. The monoisotopic (exact) mass is 242 g/mol. The van der Waals surface area contributed by atoms with E-state index >= 15 is 0 Å². The van der Waals surface area contributed by atoms with Crippen molar-refractivity contribution in [3.63, 3.8) is 0 Å². The fourth-order valence-corrected chi connectivity index (χ4v) is 1.69. The maximum absolute atomic E-state index is 13.3. The summed E-state index contributed by atoms with van der Waals surface area (Å²) in [5.74, 6) is 0.118. The first kappa shape index (κ1) is 11.9. The summed E-state index contributed by atoms with van der Waals surface area (Å²) in [5, 5.41) is 8.81. The summed E-state index contributed by atoms with van der Waals surface area (Å²) in [7, 11) is 1.58. The Kier molecular flexibility index (Phi) is 3.16. The third-order valence-electron chi connectivity index (χ3n) is 2.66. The Morgan fingerprint density at radius 1 is 1.22 bits per heavy atom. The summed E-state index contributed by atoms with van der Waals surface area (Å²) in [6, 6.07) is 11.6. The average molecular weight is 242 g/mol. The predicted molar refractivity (Wildman–Crippen MR) is 67.5 cm³/mol. The lowest BCUT2D eigenvalue weighted by Crippen LogP contribution is -1.94. The van der Waals surface area contributed by atoms with Gasteiger partial charge in [0.15, 0.2) is 0 Å². The number of nitrogen functional groups attached to an aromatic ring is 1. The van der Waals surface area contributed by atoms with Gasteiger partial charge >= 0.3 is 0 Å². The van der Waals surface area contributed by atoms with E-state index in [4.69, 9.17) is 15.7 Å². The summed E-state index contributed by atoms with van der Waals surface area (Å²) in [6.07, 6.45) is 0. The number of nitrogens with two attached hydrogens (primary N) is 1. The van der Waals surface area contributed by atoms with Crippen molar-refractivity contribution < 1.29 is 9.13 Å². The number of rotatable bonds is 2. The van der Waals surface area contributed by atoms with E-state index in [-0.39, 0.29) is 5.56 Å². The van der Waals surface area contributed by atoms with Crippen LogP contribution in [0.3, 0.4) is 0 Å². The van der Waals surface area contributed by atoms with Crippen molar-refractivity contribution in [3.8, 4) is 22.9 Å². The molecule has 0 saturated carbocycles. The van der Waals surface area contributed by atoms with E-state index in [1.807, 2.05) is 12.1 Å². The number of methoxy groups -OCH3 is 1. The fourth-order valence-electron chi connectivity index (χ4n) is 1.69. The van der Waals surface area contributed by atoms with Crippen molar-refractivity contribution in [3.05, 3.63) is 47.8 Å². The summed E-state index contributed by atoms with van der Waals surface area (Å²) in [4.78, 5) is 0. The number of nitriles is 1. The lowest BCUT2D eigenvalue weighted by atomic mass is 10.0. The van der Waals surface area contributed by atoms with E-state index in [0.29, 0.717) is 11.3 Å². The standard InChI is InChI=1S/C14H11FN2O/c1-18-11-4-2-9(3-5-11)12-6-10(8-16)13(15)7-14(12)17/h2-7H,17H2,1H3. The van der Waals surface area contributed by atoms with Gasteiger partial charge in [-0.15, -0.1) is 0 Å². The number of hydrogen-bond donors (Lipinski definition) is 1. The zero-order valence-electron chi connectivity index (χ0n) is 9.77. The van der Waals surface area contributed by atoms with Gasteiger partial charge in [-0.3, -0.25) is 0 Å². The second-order valence-electron chi connectivity index (χ2n) is 3.76. The van der Waals surface area contributed by atoms with Crippen molar-refractivity contribution in [1.29, 1.82) is 5.26 Å². The molecule has 0 fully saturated rings. The van der Waals surface area contributed by atoms with E-state index in [1.54, 1.807) is 25.3 Å². The molecule has 18 heavy (non-hydrogen) atoms. The molecule has 0 unspecified atom stereocenters. The van der Waals surface area contributed by atoms with Crippen LogP contribution in [0.4, 0.5) is 10.1 Å². The number of hydrogen-bond acceptors (Lipinski definition) is 3. The molecule has 0 aliphatic rings. The molecule has 0 atom stereocenters. The lowest BCUT2D eigenvalue weighted by Gasteiger charge is -2.08. The van der Waals surface area contributed by atoms with Gasteiger partial charge in [0.05, 0.1) is 12.7 Å².